The largest absolute Gasteiger partial charge is 0.320 e. The van der Waals surface area contributed by atoms with Crippen molar-refractivity contribution in [1.82, 2.24) is 9.55 Å². The smallest absolute Gasteiger partial charge is 0.185 e. The summed E-state index contributed by atoms with van der Waals surface area (Å²) < 4.78 is 15.0. The molecule has 3 nitrogen and oxygen atoms in total. The monoisotopic (exact) mass is 278 g/mol. The molecule has 1 aromatic carbocycles. The van der Waals surface area contributed by atoms with Crippen LogP contribution in [-0.4, -0.2) is 15.8 Å². The summed E-state index contributed by atoms with van der Waals surface area (Å²) >= 11 is 1.42. The van der Waals surface area contributed by atoms with E-state index in [1.807, 2.05) is 19.9 Å². The summed E-state index contributed by atoms with van der Waals surface area (Å²) in [5, 5.41) is 0.878. The lowest BCUT2D eigenvalue weighted by Gasteiger charge is -2.08. The Hall–Kier alpha value is -1.62. The third kappa shape index (κ3) is 2.87. The minimum Gasteiger partial charge on any atom is -0.320 e. The molecule has 1 aromatic heterocycles. The Morgan fingerprint density at radius 3 is 2.74 bits per heavy atom. The number of carbonyl (C=O) groups is 1. The number of rotatable bonds is 4. The highest BCUT2D eigenvalue weighted by molar-refractivity contribution is 7.99. The Bertz CT molecular complexity index is 607. The molecule has 2 rings (SSSR count). The van der Waals surface area contributed by atoms with Crippen LogP contribution < -0.4 is 0 Å². The van der Waals surface area contributed by atoms with Gasteiger partial charge in [0, 0.05) is 11.9 Å². The fourth-order valence-corrected chi connectivity index (χ4v) is 2.92. The second-order valence-electron chi connectivity index (χ2n) is 4.55. The third-order valence-corrected chi connectivity index (χ3v) is 3.93. The van der Waals surface area contributed by atoms with Crippen LogP contribution in [0.3, 0.4) is 0 Å². The molecule has 0 amide bonds. The maximum atomic E-state index is 13.2. The van der Waals surface area contributed by atoms with Crippen molar-refractivity contribution in [2.45, 2.75) is 29.7 Å². The second-order valence-corrected chi connectivity index (χ2v) is 5.61. The number of halogens is 1. The summed E-state index contributed by atoms with van der Waals surface area (Å²) in [5.41, 5.74) is 0.860. The molecule has 19 heavy (non-hydrogen) atoms. The van der Waals surface area contributed by atoms with Gasteiger partial charge in [0.25, 0.3) is 0 Å². The van der Waals surface area contributed by atoms with E-state index in [9.17, 15) is 9.18 Å². The molecule has 0 atom stereocenters. The summed E-state index contributed by atoms with van der Waals surface area (Å²) in [6.45, 7) is 4.04. The predicted molar refractivity (Wildman–Crippen MR) is 73.2 cm³/mol. The lowest BCUT2D eigenvalue weighted by molar-refractivity contribution is 0.111. The van der Waals surface area contributed by atoms with Gasteiger partial charge in [-0.1, -0.05) is 31.7 Å². The molecule has 0 spiro atoms. The van der Waals surface area contributed by atoms with Gasteiger partial charge in [0.1, 0.15) is 10.8 Å². The SMILES string of the molecule is CC(C)c1nc(C=O)n(C)c1Sc1cccc(F)c1. The molecule has 100 valence electrons. The Morgan fingerprint density at radius 1 is 1.42 bits per heavy atom. The molecule has 0 fully saturated rings. The first-order chi connectivity index (χ1) is 9.02. The molecule has 0 saturated carbocycles. The maximum Gasteiger partial charge on any atom is 0.185 e. The van der Waals surface area contributed by atoms with E-state index in [0.717, 1.165) is 21.9 Å². The molecule has 5 heteroatoms. The average Bonchev–Trinajstić information content (AvgIpc) is 2.67. The Morgan fingerprint density at radius 2 is 2.16 bits per heavy atom. The molecule has 1 heterocycles. The van der Waals surface area contributed by atoms with E-state index >= 15 is 0 Å². The van der Waals surface area contributed by atoms with Crippen molar-refractivity contribution in [3.8, 4) is 0 Å². The van der Waals surface area contributed by atoms with Crippen LogP contribution in [0, 0.1) is 5.82 Å². The highest BCUT2D eigenvalue weighted by Crippen LogP contribution is 2.34. The quantitative estimate of drug-likeness (QED) is 0.801. The van der Waals surface area contributed by atoms with Crippen molar-refractivity contribution in [2.24, 2.45) is 7.05 Å². The van der Waals surface area contributed by atoms with Gasteiger partial charge in [0.05, 0.1) is 5.69 Å². The van der Waals surface area contributed by atoms with Gasteiger partial charge in [-0.25, -0.2) is 9.37 Å². The van der Waals surface area contributed by atoms with Crippen LogP contribution >= 0.6 is 11.8 Å². The molecule has 0 aliphatic rings. The predicted octanol–water partition coefficient (Wildman–Crippen LogP) is 3.65. The fourth-order valence-electron chi connectivity index (χ4n) is 1.77. The number of hydrogen-bond donors (Lipinski definition) is 0. The minimum absolute atomic E-state index is 0.205. The first-order valence-electron chi connectivity index (χ1n) is 5.98. The van der Waals surface area contributed by atoms with Crippen LogP contribution in [-0.2, 0) is 7.05 Å². The first kappa shape index (κ1) is 13.8. The Kier molecular flexibility index (Phi) is 4.04. The van der Waals surface area contributed by atoms with E-state index in [0.29, 0.717) is 5.82 Å². The molecule has 0 saturated heterocycles. The number of hydrogen-bond acceptors (Lipinski definition) is 3. The number of imidazole rings is 1. The fraction of sp³-hybridized carbons (Fsp3) is 0.286. The van der Waals surface area contributed by atoms with Crippen LogP contribution in [0.15, 0.2) is 34.2 Å². The summed E-state index contributed by atoms with van der Waals surface area (Å²) in [6.07, 6.45) is 0.738. The zero-order chi connectivity index (χ0) is 14.0. The van der Waals surface area contributed by atoms with E-state index in [1.54, 1.807) is 17.7 Å². The van der Waals surface area contributed by atoms with Crippen molar-refractivity contribution < 1.29 is 9.18 Å². The highest BCUT2D eigenvalue weighted by atomic mass is 32.2. The highest BCUT2D eigenvalue weighted by Gasteiger charge is 2.18. The Balaban J connectivity index is 2.43. The number of aromatic nitrogens is 2. The van der Waals surface area contributed by atoms with Gasteiger partial charge >= 0.3 is 0 Å². The minimum atomic E-state index is -0.270. The zero-order valence-electron chi connectivity index (χ0n) is 11.1. The van der Waals surface area contributed by atoms with Crippen LogP contribution in [0.1, 0.15) is 36.1 Å². The summed E-state index contributed by atoms with van der Waals surface area (Å²) in [7, 11) is 1.80. The maximum absolute atomic E-state index is 13.2. The van der Waals surface area contributed by atoms with Gasteiger partial charge in [0.2, 0.25) is 0 Å². The zero-order valence-corrected chi connectivity index (χ0v) is 11.9. The van der Waals surface area contributed by atoms with Crippen molar-refractivity contribution in [3.63, 3.8) is 0 Å². The van der Waals surface area contributed by atoms with Gasteiger partial charge in [-0.15, -0.1) is 0 Å². The van der Waals surface area contributed by atoms with E-state index < -0.39 is 0 Å². The molecule has 0 unspecified atom stereocenters. The topological polar surface area (TPSA) is 34.9 Å². The van der Waals surface area contributed by atoms with Crippen LogP contribution in [0.2, 0.25) is 0 Å². The van der Waals surface area contributed by atoms with Gasteiger partial charge in [-0.05, 0) is 24.1 Å². The van der Waals surface area contributed by atoms with Crippen LogP contribution in [0.4, 0.5) is 4.39 Å². The Labute approximate surface area is 115 Å². The lowest BCUT2D eigenvalue weighted by atomic mass is 10.2. The van der Waals surface area contributed by atoms with Gasteiger partial charge in [-0.3, -0.25) is 4.79 Å². The summed E-state index contributed by atoms with van der Waals surface area (Å²) in [4.78, 5) is 16.1. The van der Waals surface area contributed by atoms with E-state index in [2.05, 4.69) is 4.98 Å². The summed E-state index contributed by atoms with van der Waals surface area (Å²) in [5.74, 6) is 0.326. The van der Waals surface area contributed by atoms with E-state index in [-0.39, 0.29) is 11.7 Å². The molecule has 0 bridgehead atoms. The lowest BCUT2D eigenvalue weighted by Crippen LogP contribution is -1.97. The molecular weight excluding hydrogens is 263 g/mol. The van der Waals surface area contributed by atoms with Crippen LogP contribution in [0.5, 0.6) is 0 Å². The molecule has 0 N–H and O–H groups in total. The second kappa shape index (κ2) is 5.57. The van der Waals surface area contributed by atoms with Gasteiger partial charge in [-0.2, -0.15) is 0 Å². The number of nitrogens with zero attached hydrogens (tertiary/aromatic N) is 2. The molecular formula is C14H15FN2OS. The first-order valence-corrected chi connectivity index (χ1v) is 6.79. The molecule has 0 aliphatic carbocycles. The average molecular weight is 278 g/mol. The molecule has 0 aliphatic heterocycles. The van der Waals surface area contributed by atoms with Crippen LogP contribution in [0.25, 0.3) is 0 Å². The molecule has 2 aromatic rings. The van der Waals surface area contributed by atoms with Gasteiger partial charge < -0.3 is 4.57 Å². The summed E-state index contributed by atoms with van der Waals surface area (Å²) in [6, 6.07) is 6.39. The van der Waals surface area contributed by atoms with E-state index in [4.69, 9.17) is 0 Å². The standard InChI is InChI=1S/C14H15FN2OS/c1-9(2)13-14(17(3)12(8-18)16-13)19-11-6-4-5-10(15)7-11/h4-9H,1-3H3. The normalized spacial score (nSPS) is 11.0. The number of carbonyl (C=O) groups excluding carboxylic acids is 1. The van der Waals surface area contributed by atoms with Crippen molar-refractivity contribution in [3.05, 3.63) is 41.6 Å². The third-order valence-electron chi connectivity index (χ3n) is 2.77. The van der Waals surface area contributed by atoms with E-state index in [1.165, 1.54) is 23.9 Å². The number of aldehydes is 1. The number of benzene rings is 1. The van der Waals surface area contributed by atoms with Crippen molar-refractivity contribution >= 4 is 18.0 Å². The van der Waals surface area contributed by atoms with Crippen molar-refractivity contribution in [1.29, 1.82) is 0 Å². The van der Waals surface area contributed by atoms with Crippen molar-refractivity contribution in [2.75, 3.05) is 0 Å². The van der Waals surface area contributed by atoms with Gasteiger partial charge in [0.15, 0.2) is 12.1 Å². The molecule has 0 radical (unpaired) electrons.